The van der Waals surface area contributed by atoms with Crippen LogP contribution in [0, 0.1) is 5.41 Å². The summed E-state index contributed by atoms with van der Waals surface area (Å²) in [7, 11) is 1.79. The van der Waals surface area contributed by atoms with Crippen LogP contribution in [0.25, 0.3) is 11.0 Å². The molecule has 2 saturated heterocycles. The van der Waals surface area contributed by atoms with Crippen LogP contribution in [0.3, 0.4) is 0 Å². The summed E-state index contributed by atoms with van der Waals surface area (Å²) < 4.78 is 4.83. The lowest BCUT2D eigenvalue weighted by molar-refractivity contribution is -0.154. The highest BCUT2D eigenvalue weighted by molar-refractivity contribution is 5.83. The van der Waals surface area contributed by atoms with Crippen LogP contribution in [0.4, 0.5) is 0 Å². The third-order valence-corrected chi connectivity index (χ3v) is 5.49. The Bertz CT molecular complexity index is 751. The van der Waals surface area contributed by atoms with Crippen molar-refractivity contribution in [3.05, 3.63) is 23.8 Å². The number of likely N-dealkylation sites (tertiary alicyclic amines) is 2. The van der Waals surface area contributed by atoms with Gasteiger partial charge in [-0.3, -0.25) is 9.69 Å². The molecule has 1 aromatic heterocycles. The Morgan fingerprint density at radius 1 is 1.33 bits per heavy atom. The predicted octanol–water partition coefficient (Wildman–Crippen LogP) is 1.03. The van der Waals surface area contributed by atoms with Gasteiger partial charge in [-0.2, -0.15) is 0 Å². The van der Waals surface area contributed by atoms with Crippen LogP contribution in [0.2, 0.25) is 0 Å². The largest absolute Gasteiger partial charge is 0.391 e. The molecule has 1 N–H and O–H groups in total. The number of amides is 1. The van der Waals surface area contributed by atoms with Crippen molar-refractivity contribution in [2.45, 2.75) is 31.9 Å². The second-order valence-corrected chi connectivity index (χ2v) is 7.15. The highest BCUT2D eigenvalue weighted by Gasteiger charge is 2.47. The minimum Gasteiger partial charge on any atom is -0.391 e. The van der Waals surface area contributed by atoms with Crippen molar-refractivity contribution < 1.29 is 14.5 Å². The summed E-state index contributed by atoms with van der Waals surface area (Å²) in [4.78, 5) is 16.6. The first kappa shape index (κ1) is 15.5. The van der Waals surface area contributed by atoms with Crippen molar-refractivity contribution in [2.75, 3.05) is 26.7 Å². The summed E-state index contributed by atoms with van der Waals surface area (Å²) in [5.41, 5.74) is 2.29. The van der Waals surface area contributed by atoms with E-state index in [4.69, 9.17) is 4.63 Å². The van der Waals surface area contributed by atoms with Gasteiger partial charge in [0, 0.05) is 20.1 Å². The maximum atomic E-state index is 12.6. The first-order valence-electron chi connectivity index (χ1n) is 8.44. The normalized spacial score (nSPS) is 24.8. The van der Waals surface area contributed by atoms with E-state index in [1.807, 2.05) is 18.2 Å². The molecule has 0 bridgehead atoms. The molecule has 1 aromatic carbocycles. The van der Waals surface area contributed by atoms with Crippen molar-refractivity contribution in [1.82, 2.24) is 20.1 Å². The SMILES string of the molecule is CN1CC(O)CC2(CCN(Cc3cccc4nonc34)CC2)C1=O. The second-order valence-electron chi connectivity index (χ2n) is 7.15. The van der Waals surface area contributed by atoms with Gasteiger partial charge in [0.15, 0.2) is 0 Å². The number of nitrogens with zero attached hydrogens (tertiary/aromatic N) is 4. The molecule has 7 nitrogen and oxygen atoms in total. The van der Waals surface area contributed by atoms with Gasteiger partial charge in [-0.25, -0.2) is 4.63 Å². The Morgan fingerprint density at radius 3 is 2.92 bits per heavy atom. The Morgan fingerprint density at radius 2 is 2.12 bits per heavy atom. The molecule has 128 valence electrons. The van der Waals surface area contributed by atoms with E-state index in [2.05, 4.69) is 15.2 Å². The molecule has 1 spiro atoms. The number of benzene rings is 1. The summed E-state index contributed by atoms with van der Waals surface area (Å²) in [5, 5.41) is 18.0. The van der Waals surface area contributed by atoms with Gasteiger partial charge in [-0.15, -0.1) is 0 Å². The predicted molar refractivity (Wildman–Crippen MR) is 87.0 cm³/mol. The molecular weight excluding hydrogens is 308 g/mol. The van der Waals surface area contributed by atoms with E-state index >= 15 is 0 Å². The topological polar surface area (TPSA) is 82.7 Å². The van der Waals surface area contributed by atoms with Gasteiger partial charge in [0.25, 0.3) is 0 Å². The van der Waals surface area contributed by atoms with Crippen LogP contribution >= 0.6 is 0 Å². The number of carbonyl (C=O) groups excluding carboxylic acids is 1. The van der Waals surface area contributed by atoms with Crippen LogP contribution < -0.4 is 0 Å². The third kappa shape index (κ3) is 2.57. The van der Waals surface area contributed by atoms with E-state index in [1.165, 1.54) is 0 Å². The van der Waals surface area contributed by atoms with Gasteiger partial charge >= 0.3 is 0 Å². The Kier molecular flexibility index (Phi) is 3.77. The number of rotatable bonds is 2. The number of aromatic nitrogens is 2. The molecule has 0 radical (unpaired) electrons. The number of aliphatic hydroxyl groups is 1. The number of hydrogen-bond acceptors (Lipinski definition) is 6. The fourth-order valence-electron chi connectivity index (χ4n) is 4.19. The molecular formula is C17H22N4O3. The van der Waals surface area contributed by atoms with E-state index in [0.29, 0.717) is 13.0 Å². The van der Waals surface area contributed by atoms with Crippen molar-refractivity contribution in [3.63, 3.8) is 0 Å². The number of likely N-dealkylation sites (N-methyl/N-ethyl adjacent to an activating group) is 1. The molecule has 24 heavy (non-hydrogen) atoms. The standard InChI is InChI=1S/C17H22N4O3/c1-20-11-13(22)9-17(16(20)23)5-7-21(8-6-17)10-12-3-2-4-14-15(12)19-24-18-14/h2-4,13,22H,5-11H2,1H3. The summed E-state index contributed by atoms with van der Waals surface area (Å²) in [6.45, 7) is 2.90. The lowest BCUT2D eigenvalue weighted by atomic mass is 9.71. The van der Waals surface area contributed by atoms with Crippen LogP contribution in [0.5, 0.6) is 0 Å². The Labute approximate surface area is 140 Å². The maximum absolute atomic E-state index is 12.6. The minimum absolute atomic E-state index is 0.190. The molecule has 7 heteroatoms. The number of piperidine rings is 2. The average molecular weight is 330 g/mol. The molecule has 2 aromatic rings. The fourth-order valence-corrected chi connectivity index (χ4v) is 4.19. The van der Waals surface area contributed by atoms with Crippen LogP contribution in [0.1, 0.15) is 24.8 Å². The van der Waals surface area contributed by atoms with Gasteiger partial charge in [0.05, 0.1) is 11.5 Å². The zero-order valence-corrected chi connectivity index (χ0v) is 13.8. The number of carbonyl (C=O) groups is 1. The molecule has 1 amide bonds. The summed E-state index contributed by atoms with van der Waals surface area (Å²) in [6, 6.07) is 5.89. The van der Waals surface area contributed by atoms with E-state index in [-0.39, 0.29) is 11.3 Å². The average Bonchev–Trinajstić information content (AvgIpc) is 3.04. The van der Waals surface area contributed by atoms with Gasteiger partial charge in [-0.1, -0.05) is 12.1 Å². The number of β-amino-alcohol motifs (C(OH)–C–C–N with tert-alkyl or cyclic N) is 1. The Balaban J connectivity index is 1.46. The minimum atomic E-state index is -0.408. The molecule has 2 fully saturated rings. The third-order valence-electron chi connectivity index (χ3n) is 5.49. The zero-order chi connectivity index (χ0) is 16.7. The summed E-state index contributed by atoms with van der Waals surface area (Å²) >= 11 is 0. The van der Waals surface area contributed by atoms with Crippen molar-refractivity contribution >= 4 is 16.9 Å². The lowest BCUT2D eigenvalue weighted by Gasteiger charge is -2.47. The quantitative estimate of drug-likeness (QED) is 0.885. The first-order chi connectivity index (χ1) is 11.6. The molecule has 0 saturated carbocycles. The molecule has 1 atom stereocenters. The molecule has 0 aliphatic carbocycles. The smallest absolute Gasteiger partial charge is 0.228 e. The van der Waals surface area contributed by atoms with Crippen LogP contribution in [-0.4, -0.2) is 63.9 Å². The van der Waals surface area contributed by atoms with E-state index in [1.54, 1.807) is 11.9 Å². The second kappa shape index (κ2) is 5.82. The van der Waals surface area contributed by atoms with E-state index < -0.39 is 6.10 Å². The van der Waals surface area contributed by atoms with E-state index in [0.717, 1.165) is 49.1 Å². The zero-order valence-electron chi connectivity index (χ0n) is 13.8. The van der Waals surface area contributed by atoms with Crippen molar-refractivity contribution in [2.24, 2.45) is 5.41 Å². The molecule has 4 rings (SSSR count). The molecule has 3 heterocycles. The summed E-state index contributed by atoms with van der Waals surface area (Å²) in [6.07, 6.45) is 1.77. The molecule has 1 unspecified atom stereocenters. The number of aliphatic hydroxyl groups excluding tert-OH is 1. The Hall–Kier alpha value is -1.99. The highest BCUT2D eigenvalue weighted by Crippen LogP contribution is 2.41. The van der Waals surface area contributed by atoms with Crippen molar-refractivity contribution in [3.8, 4) is 0 Å². The highest BCUT2D eigenvalue weighted by atomic mass is 16.6. The van der Waals surface area contributed by atoms with Gasteiger partial charge in [0.1, 0.15) is 11.0 Å². The monoisotopic (exact) mass is 330 g/mol. The number of hydrogen-bond donors (Lipinski definition) is 1. The van der Waals surface area contributed by atoms with Gasteiger partial charge in [0.2, 0.25) is 5.91 Å². The van der Waals surface area contributed by atoms with Crippen molar-refractivity contribution in [1.29, 1.82) is 0 Å². The first-order valence-corrected chi connectivity index (χ1v) is 8.44. The lowest BCUT2D eigenvalue weighted by Crippen LogP contribution is -2.56. The summed E-state index contributed by atoms with van der Waals surface area (Å²) in [5.74, 6) is 0.190. The maximum Gasteiger partial charge on any atom is 0.228 e. The molecule has 2 aliphatic rings. The molecule has 2 aliphatic heterocycles. The van der Waals surface area contributed by atoms with Crippen LogP contribution in [-0.2, 0) is 11.3 Å². The van der Waals surface area contributed by atoms with Gasteiger partial charge in [-0.05, 0) is 54.3 Å². The number of fused-ring (bicyclic) bond motifs is 1. The van der Waals surface area contributed by atoms with Gasteiger partial charge < -0.3 is 10.0 Å². The van der Waals surface area contributed by atoms with E-state index in [9.17, 15) is 9.90 Å². The fraction of sp³-hybridized carbons (Fsp3) is 0.588. The van der Waals surface area contributed by atoms with Crippen LogP contribution in [0.15, 0.2) is 22.8 Å².